The minimum Gasteiger partial charge on any atom is -0.360 e. The van der Waals surface area contributed by atoms with Gasteiger partial charge in [-0.05, 0) is 29.8 Å². The smallest absolute Gasteiger partial charge is 0.246 e. The zero-order chi connectivity index (χ0) is 14.5. The number of aromatic nitrogens is 4. The fourth-order valence-corrected chi connectivity index (χ4v) is 1.90. The highest BCUT2D eigenvalue weighted by Gasteiger charge is 2.09. The Morgan fingerprint density at radius 1 is 1.45 bits per heavy atom. The van der Waals surface area contributed by atoms with E-state index in [-0.39, 0.29) is 12.5 Å². The van der Waals surface area contributed by atoms with E-state index in [0.717, 1.165) is 10.2 Å². The minimum atomic E-state index is -0.153. The minimum absolute atomic E-state index is 0.153. The molecule has 0 bridgehead atoms. The molecular formula is C12H16BrN5O2. The van der Waals surface area contributed by atoms with Crippen molar-refractivity contribution >= 4 is 27.5 Å². The van der Waals surface area contributed by atoms with Crippen molar-refractivity contribution in [2.24, 2.45) is 0 Å². The first-order valence-corrected chi connectivity index (χ1v) is 6.97. The van der Waals surface area contributed by atoms with Crippen LogP contribution in [-0.4, -0.2) is 32.1 Å². The SMILES string of the molecule is CCOCn1cc(NC(=O)Cn2ncc(Br)c2C)cn1. The summed E-state index contributed by atoms with van der Waals surface area (Å²) in [5, 5.41) is 11.0. The third-order valence-corrected chi connectivity index (χ3v) is 3.46. The Labute approximate surface area is 125 Å². The molecule has 0 atom stereocenters. The average molecular weight is 342 g/mol. The van der Waals surface area contributed by atoms with Crippen molar-refractivity contribution in [2.75, 3.05) is 11.9 Å². The van der Waals surface area contributed by atoms with Crippen molar-refractivity contribution < 1.29 is 9.53 Å². The number of ether oxygens (including phenoxy) is 1. The quantitative estimate of drug-likeness (QED) is 0.869. The molecule has 1 N–H and O–H groups in total. The summed E-state index contributed by atoms with van der Waals surface area (Å²) in [6.45, 7) is 4.96. The van der Waals surface area contributed by atoms with E-state index in [1.807, 2.05) is 13.8 Å². The van der Waals surface area contributed by atoms with E-state index in [2.05, 4.69) is 31.4 Å². The fraction of sp³-hybridized carbons (Fsp3) is 0.417. The lowest BCUT2D eigenvalue weighted by Crippen LogP contribution is -2.20. The van der Waals surface area contributed by atoms with Gasteiger partial charge in [-0.15, -0.1) is 0 Å². The molecule has 2 heterocycles. The van der Waals surface area contributed by atoms with E-state index in [9.17, 15) is 4.79 Å². The molecule has 0 saturated carbocycles. The van der Waals surface area contributed by atoms with Crippen molar-refractivity contribution in [3.63, 3.8) is 0 Å². The molecule has 108 valence electrons. The van der Waals surface area contributed by atoms with Crippen LogP contribution in [0.4, 0.5) is 5.69 Å². The summed E-state index contributed by atoms with van der Waals surface area (Å²) in [6.07, 6.45) is 4.98. The third-order valence-electron chi connectivity index (χ3n) is 2.68. The van der Waals surface area contributed by atoms with Crippen molar-refractivity contribution in [1.29, 1.82) is 0 Å². The Kier molecular flexibility index (Phi) is 4.91. The number of nitrogens with zero attached hydrogens (tertiary/aromatic N) is 4. The van der Waals surface area contributed by atoms with Gasteiger partial charge in [-0.1, -0.05) is 0 Å². The molecule has 0 spiro atoms. The molecule has 7 nitrogen and oxygen atoms in total. The largest absolute Gasteiger partial charge is 0.360 e. The van der Waals surface area contributed by atoms with Crippen LogP contribution < -0.4 is 5.32 Å². The first-order valence-electron chi connectivity index (χ1n) is 6.18. The zero-order valence-electron chi connectivity index (χ0n) is 11.3. The maximum Gasteiger partial charge on any atom is 0.246 e. The number of hydrogen-bond donors (Lipinski definition) is 1. The number of amides is 1. The molecule has 0 radical (unpaired) electrons. The summed E-state index contributed by atoms with van der Waals surface area (Å²) < 4.78 is 9.35. The number of carbonyl (C=O) groups excluding carboxylic acids is 1. The number of hydrogen-bond acceptors (Lipinski definition) is 4. The summed E-state index contributed by atoms with van der Waals surface area (Å²) in [5.74, 6) is -0.153. The van der Waals surface area contributed by atoms with Gasteiger partial charge in [0.1, 0.15) is 13.3 Å². The zero-order valence-corrected chi connectivity index (χ0v) is 12.9. The molecule has 2 aromatic heterocycles. The first kappa shape index (κ1) is 14.7. The van der Waals surface area contributed by atoms with Crippen LogP contribution in [0.5, 0.6) is 0 Å². The molecule has 0 aliphatic carbocycles. The van der Waals surface area contributed by atoms with Crippen LogP contribution in [0.2, 0.25) is 0 Å². The molecular weight excluding hydrogens is 326 g/mol. The Bertz CT molecular complexity index is 592. The number of halogens is 1. The number of nitrogens with one attached hydrogen (secondary N) is 1. The highest BCUT2D eigenvalue weighted by Crippen LogP contribution is 2.14. The standard InChI is InChI=1S/C12H16BrN5O2/c1-3-20-8-17-6-10(4-14-17)16-12(19)7-18-9(2)11(13)5-15-18/h4-6H,3,7-8H2,1-2H3,(H,16,19). The van der Waals surface area contributed by atoms with Crippen LogP contribution in [0.1, 0.15) is 12.6 Å². The Morgan fingerprint density at radius 2 is 2.25 bits per heavy atom. The Hall–Kier alpha value is -1.67. The van der Waals surface area contributed by atoms with Gasteiger partial charge in [-0.25, -0.2) is 4.68 Å². The number of carbonyl (C=O) groups is 1. The van der Waals surface area contributed by atoms with Crippen LogP contribution >= 0.6 is 15.9 Å². The van der Waals surface area contributed by atoms with Crippen molar-refractivity contribution in [1.82, 2.24) is 19.6 Å². The normalized spacial score (nSPS) is 10.8. The van der Waals surface area contributed by atoms with E-state index >= 15 is 0 Å². The van der Waals surface area contributed by atoms with Crippen molar-refractivity contribution in [2.45, 2.75) is 27.1 Å². The molecule has 2 aromatic rings. The van der Waals surface area contributed by atoms with Crippen LogP contribution in [0.15, 0.2) is 23.1 Å². The van der Waals surface area contributed by atoms with Crippen LogP contribution in [-0.2, 0) is 22.8 Å². The summed E-state index contributed by atoms with van der Waals surface area (Å²) in [4.78, 5) is 11.9. The highest BCUT2D eigenvalue weighted by atomic mass is 79.9. The monoisotopic (exact) mass is 341 g/mol. The van der Waals surface area contributed by atoms with Gasteiger partial charge >= 0.3 is 0 Å². The first-order chi connectivity index (χ1) is 9.60. The lowest BCUT2D eigenvalue weighted by Gasteiger charge is -2.05. The van der Waals surface area contributed by atoms with E-state index in [0.29, 0.717) is 19.0 Å². The predicted octanol–water partition coefficient (Wildman–Crippen LogP) is 1.78. The molecule has 2 rings (SSSR count). The maximum absolute atomic E-state index is 11.9. The van der Waals surface area contributed by atoms with Gasteiger partial charge < -0.3 is 10.1 Å². The molecule has 20 heavy (non-hydrogen) atoms. The molecule has 0 aromatic carbocycles. The van der Waals surface area contributed by atoms with Gasteiger partial charge in [0.15, 0.2) is 0 Å². The van der Waals surface area contributed by atoms with Gasteiger partial charge in [0.05, 0.1) is 34.4 Å². The summed E-state index contributed by atoms with van der Waals surface area (Å²) >= 11 is 3.36. The highest BCUT2D eigenvalue weighted by molar-refractivity contribution is 9.10. The average Bonchev–Trinajstić information content (AvgIpc) is 2.98. The van der Waals surface area contributed by atoms with E-state index < -0.39 is 0 Å². The molecule has 8 heteroatoms. The van der Waals surface area contributed by atoms with E-state index in [1.54, 1.807) is 28.0 Å². The van der Waals surface area contributed by atoms with E-state index in [4.69, 9.17) is 4.74 Å². The fourth-order valence-electron chi connectivity index (χ4n) is 1.60. The Balaban J connectivity index is 1.91. The number of rotatable bonds is 6. The van der Waals surface area contributed by atoms with Gasteiger partial charge in [0.25, 0.3) is 0 Å². The molecule has 0 saturated heterocycles. The summed E-state index contributed by atoms with van der Waals surface area (Å²) in [7, 11) is 0. The van der Waals surface area contributed by atoms with Gasteiger partial charge in [0.2, 0.25) is 5.91 Å². The molecule has 0 unspecified atom stereocenters. The lowest BCUT2D eigenvalue weighted by molar-refractivity contribution is -0.116. The van der Waals surface area contributed by atoms with Gasteiger partial charge in [0, 0.05) is 6.61 Å². The van der Waals surface area contributed by atoms with Crippen molar-refractivity contribution in [3.05, 3.63) is 28.8 Å². The molecule has 0 fully saturated rings. The predicted molar refractivity (Wildman–Crippen MR) is 77.1 cm³/mol. The van der Waals surface area contributed by atoms with Crippen LogP contribution in [0.25, 0.3) is 0 Å². The molecule has 0 aliphatic rings. The van der Waals surface area contributed by atoms with Gasteiger partial charge in [-0.2, -0.15) is 10.2 Å². The maximum atomic E-state index is 11.9. The van der Waals surface area contributed by atoms with Gasteiger partial charge in [-0.3, -0.25) is 9.48 Å². The Morgan fingerprint density at radius 3 is 2.90 bits per heavy atom. The second-order valence-electron chi connectivity index (χ2n) is 4.17. The molecule has 1 amide bonds. The molecule has 0 aliphatic heterocycles. The summed E-state index contributed by atoms with van der Waals surface area (Å²) in [5.41, 5.74) is 1.55. The lowest BCUT2D eigenvalue weighted by atomic mass is 10.4. The van der Waals surface area contributed by atoms with Crippen molar-refractivity contribution in [3.8, 4) is 0 Å². The summed E-state index contributed by atoms with van der Waals surface area (Å²) in [6, 6.07) is 0. The van der Waals surface area contributed by atoms with E-state index in [1.165, 1.54) is 0 Å². The topological polar surface area (TPSA) is 74.0 Å². The van der Waals surface area contributed by atoms with Crippen LogP contribution in [0.3, 0.4) is 0 Å². The second kappa shape index (κ2) is 6.67. The van der Waals surface area contributed by atoms with Crippen LogP contribution in [0, 0.1) is 6.92 Å². The second-order valence-corrected chi connectivity index (χ2v) is 5.03. The number of anilines is 1. The third kappa shape index (κ3) is 3.67.